The van der Waals surface area contributed by atoms with Crippen LogP contribution in [0.3, 0.4) is 0 Å². The Morgan fingerprint density at radius 1 is 1.59 bits per heavy atom. The Labute approximate surface area is 97.9 Å². The van der Waals surface area contributed by atoms with E-state index < -0.39 is 23.6 Å². The number of rotatable bonds is 2. The van der Waals surface area contributed by atoms with Crippen molar-refractivity contribution >= 4 is 0 Å². The number of aromatic amines is 1. The first-order valence-electron chi connectivity index (χ1n) is 5.64. The van der Waals surface area contributed by atoms with Crippen molar-refractivity contribution in [2.45, 2.75) is 38.7 Å². The van der Waals surface area contributed by atoms with Crippen molar-refractivity contribution in [3.63, 3.8) is 0 Å². The summed E-state index contributed by atoms with van der Waals surface area (Å²) in [6, 6.07) is 1.28. The molecule has 2 unspecified atom stereocenters. The zero-order valence-corrected chi connectivity index (χ0v) is 9.79. The summed E-state index contributed by atoms with van der Waals surface area (Å²) in [6.45, 7) is 3.61. The van der Waals surface area contributed by atoms with Gasteiger partial charge >= 0.3 is 5.69 Å². The zero-order valence-electron chi connectivity index (χ0n) is 9.79. The maximum Gasteiger partial charge on any atom is 0.330 e. The lowest BCUT2D eigenvalue weighted by molar-refractivity contribution is -0.0606. The summed E-state index contributed by atoms with van der Waals surface area (Å²) in [7, 11) is 0. The summed E-state index contributed by atoms with van der Waals surface area (Å²) in [5.74, 6) is 0.109. The number of aliphatic hydroxyl groups is 1. The molecular formula is C11H16N2O4. The Balaban J connectivity index is 2.29. The van der Waals surface area contributed by atoms with Gasteiger partial charge in [-0.2, -0.15) is 0 Å². The molecule has 2 rings (SSSR count). The van der Waals surface area contributed by atoms with Gasteiger partial charge in [0.1, 0.15) is 6.23 Å². The molecular weight excluding hydrogens is 224 g/mol. The van der Waals surface area contributed by atoms with Crippen LogP contribution in [0.25, 0.3) is 0 Å². The lowest BCUT2D eigenvalue weighted by Crippen LogP contribution is -2.33. The second-order valence-electron chi connectivity index (χ2n) is 4.54. The fraction of sp³-hybridized carbons (Fsp3) is 0.636. The molecule has 0 radical (unpaired) electrons. The zero-order chi connectivity index (χ0) is 12.6. The van der Waals surface area contributed by atoms with Crippen LogP contribution < -0.4 is 11.2 Å². The predicted octanol–water partition coefficient (Wildman–Crippen LogP) is -0.159. The van der Waals surface area contributed by atoms with Crippen LogP contribution in [0.2, 0.25) is 0 Å². The minimum absolute atomic E-state index is 0.109. The van der Waals surface area contributed by atoms with Gasteiger partial charge in [-0.15, -0.1) is 0 Å². The Hall–Kier alpha value is -1.40. The molecule has 1 aromatic rings. The molecule has 1 aliphatic rings. The first kappa shape index (κ1) is 12.1. The van der Waals surface area contributed by atoms with Crippen LogP contribution in [0.5, 0.6) is 0 Å². The molecule has 0 saturated carbocycles. The SMILES string of the molecule is CC1CC([C@H](C)O)O[C@H]1n1ccc(=O)[nH]c1=O. The van der Waals surface area contributed by atoms with Gasteiger partial charge in [0.05, 0.1) is 12.2 Å². The number of ether oxygens (including phenoxy) is 1. The molecule has 6 nitrogen and oxygen atoms in total. The molecule has 0 aliphatic carbocycles. The van der Waals surface area contributed by atoms with E-state index in [1.807, 2.05) is 6.92 Å². The smallest absolute Gasteiger partial charge is 0.330 e. The van der Waals surface area contributed by atoms with Gasteiger partial charge in [0.25, 0.3) is 5.56 Å². The van der Waals surface area contributed by atoms with Crippen LogP contribution in [0, 0.1) is 5.92 Å². The maximum atomic E-state index is 11.6. The summed E-state index contributed by atoms with van der Waals surface area (Å²) >= 11 is 0. The minimum atomic E-state index is -0.569. The van der Waals surface area contributed by atoms with E-state index >= 15 is 0 Å². The molecule has 0 bridgehead atoms. The van der Waals surface area contributed by atoms with Crippen molar-refractivity contribution < 1.29 is 9.84 Å². The minimum Gasteiger partial charge on any atom is -0.391 e. The summed E-state index contributed by atoms with van der Waals surface area (Å²) in [4.78, 5) is 24.8. The molecule has 6 heteroatoms. The lowest BCUT2D eigenvalue weighted by atomic mass is 10.0. The third-order valence-electron chi connectivity index (χ3n) is 3.07. The summed E-state index contributed by atoms with van der Waals surface area (Å²) in [6.07, 6.45) is 0.842. The highest BCUT2D eigenvalue weighted by Crippen LogP contribution is 2.34. The molecule has 1 saturated heterocycles. The van der Waals surface area contributed by atoms with Gasteiger partial charge in [0.2, 0.25) is 0 Å². The first-order chi connectivity index (χ1) is 7.99. The standard InChI is InChI=1S/C11H16N2O4/c1-6-5-8(7(2)14)17-10(6)13-4-3-9(15)12-11(13)16/h3-4,6-8,10,14H,5H2,1-2H3,(H,12,15,16)/t6?,7-,8?,10+/m0/s1. The van der Waals surface area contributed by atoms with Gasteiger partial charge in [-0.3, -0.25) is 14.3 Å². The number of H-pyrrole nitrogens is 1. The van der Waals surface area contributed by atoms with E-state index in [9.17, 15) is 14.7 Å². The van der Waals surface area contributed by atoms with Crippen LogP contribution in [0.15, 0.2) is 21.9 Å². The second-order valence-corrected chi connectivity index (χ2v) is 4.54. The fourth-order valence-corrected chi connectivity index (χ4v) is 2.13. The van der Waals surface area contributed by atoms with E-state index in [2.05, 4.69) is 4.98 Å². The lowest BCUT2D eigenvalue weighted by Gasteiger charge is -2.18. The average molecular weight is 240 g/mol. The van der Waals surface area contributed by atoms with E-state index in [4.69, 9.17) is 4.74 Å². The molecule has 1 fully saturated rings. The van der Waals surface area contributed by atoms with Gasteiger partial charge in [-0.05, 0) is 13.3 Å². The van der Waals surface area contributed by atoms with Gasteiger partial charge < -0.3 is 9.84 Å². The highest BCUT2D eigenvalue weighted by Gasteiger charge is 2.36. The summed E-state index contributed by atoms with van der Waals surface area (Å²) in [5, 5.41) is 9.48. The summed E-state index contributed by atoms with van der Waals surface area (Å²) in [5.41, 5.74) is -0.912. The van der Waals surface area contributed by atoms with Crippen molar-refractivity contribution in [1.82, 2.24) is 9.55 Å². The maximum absolute atomic E-state index is 11.6. The number of hydrogen-bond acceptors (Lipinski definition) is 4. The Bertz CT molecular complexity index is 505. The number of aliphatic hydroxyl groups excluding tert-OH is 1. The number of nitrogens with zero attached hydrogens (tertiary/aromatic N) is 1. The molecule has 17 heavy (non-hydrogen) atoms. The Morgan fingerprint density at radius 2 is 2.29 bits per heavy atom. The highest BCUT2D eigenvalue weighted by atomic mass is 16.5. The van der Waals surface area contributed by atoms with Crippen LogP contribution in [0.1, 0.15) is 26.5 Å². The molecule has 2 heterocycles. The third-order valence-corrected chi connectivity index (χ3v) is 3.07. The van der Waals surface area contributed by atoms with E-state index in [0.717, 1.165) is 0 Å². The normalized spacial score (nSPS) is 30.4. The second kappa shape index (κ2) is 4.46. The molecule has 4 atom stereocenters. The van der Waals surface area contributed by atoms with E-state index in [-0.39, 0.29) is 12.0 Å². The molecule has 94 valence electrons. The third kappa shape index (κ3) is 2.32. The molecule has 0 spiro atoms. The van der Waals surface area contributed by atoms with Crippen LogP contribution >= 0.6 is 0 Å². The van der Waals surface area contributed by atoms with Crippen molar-refractivity contribution in [3.05, 3.63) is 33.1 Å². The van der Waals surface area contributed by atoms with Gasteiger partial charge in [-0.1, -0.05) is 6.92 Å². The van der Waals surface area contributed by atoms with E-state index in [1.54, 1.807) is 6.92 Å². The largest absolute Gasteiger partial charge is 0.391 e. The van der Waals surface area contributed by atoms with Crippen molar-refractivity contribution in [1.29, 1.82) is 0 Å². The number of hydrogen-bond donors (Lipinski definition) is 2. The first-order valence-corrected chi connectivity index (χ1v) is 5.64. The molecule has 1 aromatic heterocycles. The monoisotopic (exact) mass is 240 g/mol. The van der Waals surface area contributed by atoms with Gasteiger partial charge in [0, 0.05) is 18.2 Å². The van der Waals surface area contributed by atoms with Gasteiger partial charge in [0.15, 0.2) is 0 Å². The highest BCUT2D eigenvalue weighted by molar-refractivity contribution is 4.88. The molecule has 0 amide bonds. The van der Waals surface area contributed by atoms with Crippen LogP contribution in [-0.4, -0.2) is 26.9 Å². The van der Waals surface area contributed by atoms with E-state index in [1.165, 1.54) is 16.8 Å². The Morgan fingerprint density at radius 3 is 2.82 bits per heavy atom. The number of nitrogens with one attached hydrogen (secondary N) is 1. The van der Waals surface area contributed by atoms with Crippen LogP contribution in [-0.2, 0) is 4.74 Å². The fourth-order valence-electron chi connectivity index (χ4n) is 2.13. The van der Waals surface area contributed by atoms with Crippen molar-refractivity contribution in [3.8, 4) is 0 Å². The molecule has 1 aliphatic heterocycles. The van der Waals surface area contributed by atoms with Crippen molar-refractivity contribution in [2.24, 2.45) is 5.92 Å². The average Bonchev–Trinajstić information content (AvgIpc) is 2.61. The Kier molecular flexibility index (Phi) is 3.17. The quantitative estimate of drug-likeness (QED) is 0.752. The van der Waals surface area contributed by atoms with E-state index in [0.29, 0.717) is 6.42 Å². The molecule has 2 N–H and O–H groups in total. The topological polar surface area (TPSA) is 84.3 Å². The molecule has 0 aromatic carbocycles. The van der Waals surface area contributed by atoms with Crippen molar-refractivity contribution in [2.75, 3.05) is 0 Å². The number of aromatic nitrogens is 2. The van der Waals surface area contributed by atoms with Crippen LogP contribution in [0.4, 0.5) is 0 Å². The van der Waals surface area contributed by atoms with Gasteiger partial charge in [-0.25, -0.2) is 4.79 Å². The summed E-state index contributed by atoms with van der Waals surface area (Å²) < 4.78 is 6.99. The predicted molar refractivity (Wildman–Crippen MR) is 60.7 cm³/mol.